The SMILES string of the molecule is Cc1nc2sc(C(=O)N3CCN(c4ccccc4)CC3)c(N)c2c(C)c1Br. The maximum atomic E-state index is 13.1. The van der Waals surface area contributed by atoms with E-state index in [1.54, 1.807) is 0 Å². The van der Waals surface area contributed by atoms with E-state index in [4.69, 9.17) is 5.73 Å². The highest BCUT2D eigenvalue weighted by Crippen LogP contribution is 2.39. The van der Waals surface area contributed by atoms with E-state index in [1.165, 1.54) is 17.0 Å². The molecule has 1 aromatic carbocycles. The van der Waals surface area contributed by atoms with Gasteiger partial charge in [-0.3, -0.25) is 4.79 Å². The molecule has 3 aromatic rings. The zero-order valence-corrected chi connectivity index (χ0v) is 17.7. The third-order valence-corrected chi connectivity index (χ3v) is 7.36. The number of fused-ring (bicyclic) bond motifs is 1. The number of piperazine rings is 1. The molecule has 3 heterocycles. The van der Waals surface area contributed by atoms with Crippen LogP contribution in [0.1, 0.15) is 20.9 Å². The van der Waals surface area contributed by atoms with Gasteiger partial charge in [0.25, 0.3) is 5.91 Å². The summed E-state index contributed by atoms with van der Waals surface area (Å²) in [5.41, 5.74) is 10.1. The third kappa shape index (κ3) is 3.19. The zero-order chi connectivity index (χ0) is 19.1. The first kappa shape index (κ1) is 18.3. The summed E-state index contributed by atoms with van der Waals surface area (Å²) in [4.78, 5) is 23.4. The summed E-state index contributed by atoms with van der Waals surface area (Å²) in [6.45, 7) is 6.99. The van der Waals surface area contributed by atoms with Crippen LogP contribution in [0.2, 0.25) is 0 Å². The van der Waals surface area contributed by atoms with E-state index in [2.05, 4.69) is 37.9 Å². The van der Waals surface area contributed by atoms with Gasteiger partial charge in [-0.25, -0.2) is 4.98 Å². The molecule has 1 fully saturated rings. The molecule has 0 saturated carbocycles. The molecular weight excluding hydrogens is 424 g/mol. The summed E-state index contributed by atoms with van der Waals surface area (Å²) in [7, 11) is 0. The highest BCUT2D eigenvalue weighted by atomic mass is 79.9. The van der Waals surface area contributed by atoms with Crippen molar-refractivity contribution in [2.45, 2.75) is 13.8 Å². The number of aromatic nitrogens is 1. The van der Waals surface area contributed by atoms with Crippen LogP contribution in [0, 0.1) is 13.8 Å². The number of nitrogen functional groups attached to an aromatic ring is 1. The molecule has 1 aliphatic rings. The number of aryl methyl sites for hydroxylation is 2. The standard InChI is InChI=1S/C20H21BrN4OS/c1-12-15-17(22)18(27-19(15)23-13(2)16(12)21)20(26)25-10-8-24(9-11-25)14-6-4-3-5-7-14/h3-7H,8-11,22H2,1-2H3. The molecule has 27 heavy (non-hydrogen) atoms. The van der Waals surface area contributed by atoms with Gasteiger partial charge in [0.05, 0.1) is 11.4 Å². The van der Waals surface area contributed by atoms with E-state index in [-0.39, 0.29) is 5.91 Å². The van der Waals surface area contributed by atoms with Gasteiger partial charge >= 0.3 is 0 Å². The number of halogens is 1. The number of hydrogen-bond acceptors (Lipinski definition) is 5. The molecule has 2 N–H and O–H groups in total. The number of benzene rings is 1. The van der Waals surface area contributed by atoms with Crippen molar-refractivity contribution < 1.29 is 4.79 Å². The first-order chi connectivity index (χ1) is 13.0. The molecule has 140 valence electrons. The van der Waals surface area contributed by atoms with E-state index in [9.17, 15) is 4.79 Å². The number of rotatable bonds is 2. The molecule has 0 bridgehead atoms. The molecule has 2 aromatic heterocycles. The molecule has 1 aliphatic heterocycles. The van der Waals surface area contributed by atoms with Crippen molar-refractivity contribution >= 4 is 54.8 Å². The van der Waals surface area contributed by atoms with Crippen LogP contribution in [0.5, 0.6) is 0 Å². The topological polar surface area (TPSA) is 62.5 Å². The quantitative estimate of drug-likeness (QED) is 0.642. The van der Waals surface area contributed by atoms with Gasteiger partial charge in [-0.2, -0.15) is 0 Å². The second-order valence-corrected chi connectivity index (χ2v) is 8.57. The van der Waals surface area contributed by atoms with Crippen molar-refractivity contribution in [1.29, 1.82) is 0 Å². The van der Waals surface area contributed by atoms with Crippen LogP contribution in [0.15, 0.2) is 34.8 Å². The van der Waals surface area contributed by atoms with Crippen LogP contribution in [0.25, 0.3) is 10.2 Å². The van der Waals surface area contributed by atoms with Crippen LogP contribution >= 0.6 is 27.3 Å². The number of carbonyl (C=O) groups excluding carboxylic acids is 1. The molecule has 0 unspecified atom stereocenters. The van der Waals surface area contributed by atoms with Crippen LogP contribution in [0.3, 0.4) is 0 Å². The van der Waals surface area contributed by atoms with Crippen LogP contribution in [-0.2, 0) is 0 Å². The Hall–Kier alpha value is -2.12. The lowest BCUT2D eigenvalue weighted by molar-refractivity contribution is 0.0752. The van der Waals surface area contributed by atoms with Gasteiger partial charge in [-0.1, -0.05) is 18.2 Å². The molecular formula is C20H21BrN4OS. The van der Waals surface area contributed by atoms with Crippen LogP contribution in [-0.4, -0.2) is 42.0 Å². The Morgan fingerprint density at radius 3 is 2.48 bits per heavy atom. The van der Waals surface area contributed by atoms with Crippen LogP contribution < -0.4 is 10.6 Å². The van der Waals surface area contributed by atoms with Crippen molar-refractivity contribution in [2.75, 3.05) is 36.8 Å². The number of nitrogens with two attached hydrogens (primary N) is 1. The predicted molar refractivity (Wildman–Crippen MR) is 116 cm³/mol. The number of para-hydroxylation sites is 1. The van der Waals surface area contributed by atoms with Gasteiger partial charge in [0, 0.05) is 41.7 Å². The Balaban J connectivity index is 1.57. The maximum Gasteiger partial charge on any atom is 0.266 e. The number of carbonyl (C=O) groups is 1. The largest absolute Gasteiger partial charge is 0.397 e. The lowest BCUT2D eigenvalue weighted by Gasteiger charge is -2.36. The van der Waals surface area contributed by atoms with Crippen molar-refractivity contribution in [2.24, 2.45) is 0 Å². The van der Waals surface area contributed by atoms with Crippen LogP contribution in [0.4, 0.5) is 11.4 Å². The summed E-state index contributed by atoms with van der Waals surface area (Å²) in [6, 6.07) is 10.3. The molecule has 0 aliphatic carbocycles. The van der Waals surface area contributed by atoms with Gasteiger partial charge in [-0.05, 0) is 47.5 Å². The van der Waals surface area contributed by atoms with Crippen molar-refractivity contribution in [3.63, 3.8) is 0 Å². The summed E-state index contributed by atoms with van der Waals surface area (Å²) in [5, 5.41) is 0.892. The third-order valence-electron chi connectivity index (χ3n) is 5.10. The van der Waals surface area contributed by atoms with Gasteiger partial charge in [-0.15, -0.1) is 11.3 Å². The monoisotopic (exact) mass is 444 g/mol. The molecule has 0 atom stereocenters. The summed E-state index contributed by atoms with van der Waals surface area (Å²) >= 11 is 4.97. The Labute approximate surface area is 170 Å². The first-order valence-corrected chi connectivity index (χ1v) is 10.5. The fraction of sp³-hybridized carbons (Fsp3) is 0.300. The van der Waals surface area contributed by atoms with Crippen molar-refractivity contribution in [3.05, 3.63) is 50.9 Å². The van der Waals surface area contributed by atoms with E-state index in [1.807, 2.05) is 36.9 Å². The van der Waals surface area contributed by atoms with Gasteiger partial charge in [0.15, 0.2) is 0 Å². The average Bonchev–Trinajstić information content (AvgIpc) is 3.02. The second-order valence-electron chi connectivity index (χ2n) is 6.78. The average molecular weight is 445 g/mol. The minimum atomic E-state index is 0.0105. The van der Waals surface area contributed by atoms with Gasteiger partial charge in [0.1, 0.15) is 9.71 Å². The fourth-order valence-corrected chi connectivity index (χ4v) is 5.02. The second kappa shape index (κ2) is 7.13. The predicted octanol–water partition coefficient (Wildman–Crippen LogP) is 4.22. The number of anilines is 2. The smallest absolute Gasteiger partial charge is 0.266 e. The molecule has 7 heteroatoms. The first-order valence-electron chi connectivity index (χ1n) is 8.91. The zero-order valence-electron chi connectivity index (χ0n) is 15.3. The summed E-state index contributed by atoms with van der Waals surface area (Å²) < 4.78 is 0.954. The summed E-state index contributed by atoms with van der Waals surface area (Å²) in [5.74, 6) is 0.0105. The van der Waals surface area contributed by atoms with E-state index < -0.39 is 0 Å². The minimum Gasteiger partial charge on any atom is -0.397 e. The molecule has 1 saturated heterocycles. The number of amides is 1. The van der Waals surface area contributed by atoms with Crippen molar-refractivity contribution in [1.82, 2.24) is 9.88 Å². The Morgan fingerprint density at radius 1 is 1.15 bits per heavy atom. The lowest BCUT2D eigenvalue weighted by Crippen LogP contribution is -2.48. The Kier molecular flexibility index (Phi) is 4.82. The Bertz CT molecular complexity index is 1010. The highest BCUT2D eigenvalue weighted by molar-refractivity contribution is 9.10. The van der Waals surface area contributed by atoms with Crippen molar-refractivity contribution in [3.8, 4) is 0 Å². The Morgan fingerprint density at radius 2 is 1.81 bits per heavy atom. The van der Waals surface area contributed by atoms with E-state index >= 15 is 0 Å². The number of thiophene rings is 1. The maximum absolute atomic E-state index is 13.1. The number of hydrogen-bond donors (Lipinski definition) is 1. The summed E-state index contributed by atoms with van der Waals surface area (Å²) in [6.07, 6.45) is 0. The van der Waals surface area contributed by atoms with Gasteiger partial charge < -0.3 is 15.5 Å². The van der Waals surface area contributed by atoms with E-state index in [0.717, 1.165) is 39.0 Å². The number of nitrogens with zero attached hydrogens (tertiary/aromatic N) is 3. The molecule has 4 rings (SSSR count). The minimum absolute atomic E-state index is 0.0105. The van der Waals surface area contributed by atoms with E-state index in [0.29, 0.717) is 23.7 Å². The molecule has 5 nitrogen and oxygen atoms in total. The molecule has 0 radical (unpaired) electrons. The molecule has 1 amide bonds. The fourth-order valence-electron chi connectivity index (χ4n) is 3.56. The highest BCUT2D eigenvalue weighted by Gasteiger charge is 2.27. The lowest BCUT2D eigenvalue weighted by atomic mass is 10.1. The molecule has 0 spiro atoms. The normalized spacial score (nSPS) is 14.8. The van der Waals surface area contributed by atoms with Gasteiger partial charge in [0.2, 0.25) is 0 Å². The number of pyridine rings is 1.